The van der Waals surface area contributed by atoms with E-state index in [1.165, 1.54) is 0 Å². The molecule has 0 aliphatic rings. The normalized spacial score (nSPS) is 12.7. The second kappa shape index (κ2) is 8.80. The maximum atomic E-state index is 11.9. The van der Waals surface area contributed by atoms with Gasteiger partial charge in [-0.25, -0.2) is 0 Å². The van der Waals surface area contributed by atoms with Gasteiger partial charge in [0.25, 0.3) is 0 Å². The van der Waals surface area contributed by atoms with Gasteiger partial charge in [0.05, 0.1) is 0 Å². The van der Waals surface area contributed by atoms with Crippen molar-refractivity contribution in [1.82, 2.24) is 4.90 Å². The van der Waals surface area contributed by atoms with E-state index in [1.54, 1.807) is 0 Å². The summed E-state index contributed by atoms with van der Waals surface area (Å²) in [7, 11) is 2.12. The zero-order valence-electron chi connectivity index (χ0n) is 13.7. The Morgan fingerprint density at radius 1 is 1.33 bits per heavy atom. The number of nitrogens with zero attached hydrogens (tertiary/aromatic N) is 1. The maximum Gasteiger partial charge on any atom is 0.224 e. The molecule has 21 heavy (non-hydrogen) atoms. The highest BCUT2D eigenvalue weighted by atomic mass is 16.1. The Kier molecular flexibility index (Phi) is 7.40. The van der Waals surface area contributed by atoms with Gasteiger partial charge >= 0.3 is 0 Å². The van der Waals surface area contributed by atoms with Gasteiger partial charge in [0, 0.05) is 24.7 Å². The van der Waals surface area contributed by atoms with Crippen LogP contribution < -0.4 is 11.1 Å². The molecule has 0 spiro atoms. The van der Waals surface area contributed by atoms with Crippen molar-refractivity contribution in [2.45, 2.75) is 46.2 Å². The summed E-state index contributed by atoms with van der Waals surface area (Å²) in [5, 5.41) is 2.93. The Balaban J connectivity index is 2.34. The molecule has 1 atom stereocenters. The second-order valence-corrected chi connectivity index (χ2v) is 6.02. The molecule has 1 rings (SSSR count). The van der Waals surface area contributed by atoms with E-state index < -0.39 is 0 Å². The number of rotatable bonds is 8. The van der Waals surface area contributed by atoms with Crippen molar-refractivity contribution in [2.24, 2.45) is 11.7 Å². The number of nitrogens with one attached hydrogen (secondary N) is 1. The SMILES string of the molecule is CC(C)C(C)N(C)CCCC(=O)Nc1cccc(CN)c1. The van der Waals surface area contributed by atoms with Gasteiger partial charge in [-0.3, -0.25) is 4.79 Å². The minimum absolute atomic E-state index is 0.0646. The van der Waals surface area contributed by atoms with Crippen molar-refractivity contribution >= 4 is 11.6 Å². The third-order valence-corrected chi connectivity index (χ3v) is 4.02. The van der Waals surface area contributed by atoms with Gasteiger partial charge in [-0.05, 0) is 50.6 Å². The summed E-state index contributed by atoms with van der Waals surface area (Å²) in [6, 6.07) is 8.22. The molecule has 0 radical (unpaired) electrons. The molecule has 0 aromatic heterocycles. The van der Waals surface area contributed by atoms with E-state index in [-0.39, 0.29) is 5.91 Å². The molecule has 0 aliphatic heterocycles. The number of benzene rings is 1. The Bertz CT molecular complexity index is 445. The summed E-state index contributed by atoms with van der Waals surface area (Å²) in [4.78, 5) is 14.2. The third-order valence-electron chi connectivity index (χ3n) is 4.02. The molecular weight excluding hydrogens is 262 g/mol. The van der Waals surface area contributed by atoms with E-state index in [0.717, 1.165) is 24.2 Å². The fourth-order valence-electron chi connectivity index (χ4n) is 2.20. The quantitative estimate of drug-likeness (QED) is 0.774. The summed E-state index contributed by atoms with van der Waals surface area (Å²) in [6.45, 7) is 8.09. The molecule has 0 bridgehead atoms. The molecule has 0 saturated heterocycles. The first-order valence-electron chi connectivity index (χ1n) is 7.73. The van der Waals surface area contributed by atoms with Crippen LogP contribution >= 0.6 is 0 Å². The van der Waals surface area contributed by atoms with Crippen LogP contribution in [-0.2, 0) is 11.3 Å². The lowest BCUT2D eigenvalue weighted by Gasteiger charge is -2.27. The standard InChI is InChI=1S/C17H29N3O/c1-13(2)14(3)20(4)10-6-9-17(21)19-16-8-5-7-15(11-16)12-18/h5,7-8,11,13-14H,6,9-10,12,18H2,1-4H3,(H,19,21). The fourth-order valence-corrected chi connectivity index (χ4v) is 2.20. The molecule has 118 valence electrons. The van der Waals surface area contributed by atoms with Crippen LogP contribution in [-0.4, -0.2) is 30.4 Å². The molecular formula is C17H29N3O. The van der Waals surface area contributed by atoms with E-state index in [1.807, 2.05) is 24.3 Å². The third kappa shape index (κ3) is 6.27. The molecule has 0 fully saturated rings. The van der Waals surface area contributed by atoms with Crippen LogP contribution in [0.4, 0.5) is 5.69 Å². The van der Waals surface area contributed by atoms with Crippen LogP contribution in [0, 0.1) is 5.92 Å². The lowest BCUT2D eigenvalue weighted by molar-refractivity contribution is -0.116. The summed E-state index contributed by atoms with van der Waals surface area (Å²) in [5.41, 5.74) is 7.45. The minimum atomic E-state index is 0.0646. The number of nitrogens with two attached hydrogens (primary N) is 1. The van der Waals surface area contributed by atoms with E-state index in [0.29, 0.717) is 24.9 Å². The first-order valence-corrected chi connectivity index (χ1v) is 7.73. The van der Waals surface area contributed by atoms with Crippen LogP contribution in [0.15, 0.2) is 24.3 Å². The first kappa shape index (κ1) is 17.7. The van der Waals surface area contributed by atoms with Gasteiger partial charge in [0.15, 0.2) is 0 Å². The molecule has 0 heterocycles. The largest absolute Gasteiger partial charge is 0.326 e. The summed E-state index contributed by atoms with van der Waals surface area (Å²) >= 11 is 0. The Hall–Kier alpha value is -1.39. The molecule has 1 unspecified atom stereocenters. The molecule has 1 amide bonds. The molecule has 0 saturated carbocycles. The zero-order valence-corrected chi connectivity index (χ0v) is 13.7. The van der Waals surface area contributed by atoms with Gasteiger partial charge in [-0.2, -0.15) is 0 Å². The molecule has 4 heteroatoms. The number of carbonyl (C=O) groups excluding carboxylic acids is 1. The van der Waals surface area contributed by atoms with Gasteiger partial charge in [-0.15, -0.1) is 0 Å². The summed E-state index contributed by atoms with van der Waals surface area (Å²) in [5.74, 6) is 0.692. The minimum Gasteiger partial charge on any atom is -0.326 e. The smallest absolute Gasteiger partial charge is 0.224 e. The monoisotopic (exact) mass is 291 g/mol. The van der Waals surface area contributed by atoms with Crippen molar-refractivity contribution in [2.75, 3.05) is 18.9 Å². The molecule has 0 aliphatic carbocycles. The Morgan fingerprint density at radius 2 is 2.05 bits per heavy atom. The van der Waals surface area contributed by atoms with E-state index in [2.05, 4.69) is 38.0 Å². The topological polar surface area (TPSA) is 58.4 Å². The summed E-state index contributed by atoms with van der Waals surface area (Å²) < 4.78 is 0. The lowest BCUT2D eigenvalue weighted by atomic mass is 10.1. The maximum absolute atomic E-state index is 11.9. The van der Waals surface area contributed by atoms with Crippen molar-refractivity contribution < 1.29 is 4.79 Å². The summed E-state index contributed by atoms with van der Waals surface area (Å²) in [6.07, 6.45) is 1.41. The van der Waals surface area contributed by atoms with Gasteiger partial charge in [0.2, 0.25) is 5.91 Å². The van der Waals surface area contributed by atoms with Crippen LogP contribution in [0.3, 0.4) is 0 Å². The van der Waals surface area contributed by atoms with Crippen LogP contribution in [0.1, 0.15) is 39.2 Å². The van der Waals surface area contributed by atoms with Gasteiger partial charge < -0.3 is 16.0 Å². The average molecular weight is 291 g/mol. The predicted molar refractivity (Wildman–Crippen MR) is 89.1 cm³/mol. The van der Waals surface area contributed by atoms with Gasteiger partial charge in [-0.1, -0.05) is 26.0 Å². The van der Waals surface area contributed by atoms with E-state index in [9.17, 15) is 4.79 Å². The number of amides is 1. The Morgan fingerprint density at radius 3 is 2.67 bits per heavy atom. The van der Waals surface area contributed by atoms with Gasteiger partial charge in [0.1, 0.15) is 0 Å². The number of hydrogen-bond acceptors (Lipinski definition) is 3. The number of carbonyl (C=O) groups is 1. The first-order chi connectivity index (χ1) is 9.93. The van der Waals surface area contributed by atoms with Crippen molar-refractivity contribution in [3.8, 4) is 0 Å². The predicted octanol–water partition coefficient (Wildman–Crippen LogP) is 2.84. The van der Waals surface area contributed by atoms with Crippen LogP contribution in [0.5, 0.6) is 0 Å². The highest BCUT2D eigenvalue weighted by Crippen LogP contribution is 2.12. The van der Waals surface area contributed by atoms with Crippen LogP contribution in [0.2, 0.25) is 0 Å². The average Bonchev–Trinajstić information content (AvgIpc) is 2.46. The number of hydrogen-bond donors (Lipinski definition) is 2. The zero-order chi connectivity index (χ0) is 15.8. The van der Waals surface area contributed by atoms with Crippen molar-refractivity contribution in [3.63, 3.8) is 0 Å². The van der Waals surface area contributed by atoms with Crippen LogP contribution in [0.25, 0.3) is 0 Å². The fraction of sp³-hybridized carbons (Fsp3) is 0.588. The Labute approximate surface area is 128 Å². The second-order valence-electron chi connectivity index (χ2n) is 6.02. The molecule has 4 nitrogen and oxygen atoms in total. The lowest BCUT2D eigenvalue weighted by Crippen LogP contribution is -2.34. The van der Waals surface area contributed by atoms with Crippen molar-refractivity contribution in [3.05, 3.63) is 29.8 Å². The highest BCUT2D eigenvalue weighted by Gasteiger charge is 2.13. The van der Waals surface area contributed by atoms with E-state index in [4.69, 9.17) is 5.73 Å². The van der Waals surface area contributed by atoms with Crippen molar-refractivity contribution in [1.29, 1.82) is 0 Å². The number of anilines is 1. The highest BCUT2D eigenvalue weighted by molar-refractivity contribution is 5.90. The molecule has 1 aromatic rings. The molecule has 3 N–H and O–H groups in total. The molecule has 1 aromatic carbocycles. The van der Waals surface area contributed by atoms with E-state index >= 15 is 0 Å².